The van der Waals surface area contributed by atoms with Crippen molar-refractivity contribution in [2.45, 2.75) is 90.2 Å². The summed E-state index contributed by atoms with van der Waals surface area (Å²) in [5.41, 5.74) is 7.92. The van der Waals surface area contributed by atoms with E-state index in [2.05, 4.69) is 72.2 Å². The highest BCUT2D eigenvalue weighted by molar-refractivity contribution is 5.82. The number of fused-ring (bicyclic) bond motifs is 3. The lowest BCUT2D eigenvalue weighted by Gasteiger charge is -2.45. The third kappa shape index (κ3) is 3.13. The molecule has 2 aliphatic carbocycles. The first-order valence-electron chi connectivity index (χ1n) is 13.6. The van der Waals surface area contributed by atoms with Gasteiger partial charge in [0.25, 0.3) is 0 Å². The minimum absolute atomic E-state index is 0.244. The van der Waals surface area contributed by atoms with Crippen molar-refractivity contribution in [3.63, 3.8) is 0 Å². The number of anilines is 1. The van der Waals surface area contributed by atoms with Crippen molar-refractivity contribution in [3.8, 4) is 0 Å². The summed E-state index contributed by atoms with van der Waals surface area (Å²) in [5.74, 6) is 1.01. The summed E-state index contributed by atoms with van der Waals surface area (Å²) < 4.78 is 10.3. The highest BCUT2D eigenvalue weighted by Crippen LogP contribution is 2.57. The van der Waals surface area contributed by atoms with Crippen LogP contribution in [-0.2, 0) is 0 Å². The molecular formula is C30H38N2. The first-order chi connectivity index (χ1) is 16.1. The fraction of sp³-hybridized carbons (Fsp3) is 0.533. The molecule has 2 unspecified atom stereocenters. The monoisotopic (exact) mass is 427 g/mol. The van der Waals surface area contributed by atoms with Gasteiger partial charge in [0, 0.05) is 16.9 Å². The summed E-state index contributed by atoms with van der Waals surface area (Å²) in [7, 11) is 0. The van der Waals surface area contributed by atoms with E-state index in [9.17, 15) is 1.37 Å². The molecule has 2 saturated carbocycles. The molecule has 2 heteroatoms. The molecule has 6 rings (SSSR count). The number of para-hydroxylation sites is 1. The molecule has 2 aliphatic heterocycles. The highest BCUT2D eigenvalue weighted by Gasteiger charge is 2.51. The van der Waals surface area contributed by atoms with Crippen LogP contribution < -0.4 is 4.90 Å². The Labute approximate surface area is 195 Å². The fourth-order valence-electron chi connectivity index (χ4n) is 7.17. The Balaban J connectivity index is 1.57. The highest BCUT2D eigenvalue weighted by atomic mass is 15.4. The molecule has 2 nitrogen and oxygen atoms in total. The van der Waals surface area contributed by atoms with Crippen LogP contribution in [0.25, 0.3) is 5.70 Å². The van der Waals surface area contributed by atoms with Crippen LogP contribution in [0.5, 0.6) is 0 Å². The summed E-state index contributed by atoms with van der Waals surface area (Å²) in [5, 5.41) is 0. The average molecular weight is 428 g/mol. The van der Waals surface area contributed by atoms with Gasteiger partial charge in [0.05, 0.1) is 13.1 Å². The molecule has 0 radical (unpaired) electrons. The molecule has 168 valence electrons. The number of benzene rings is 2. The van der Waals surface area contributed by atoms with E-state index in [1.165, 1.54) is 98.0 Å². The Morgan fingerprint density at radius 1 is 0.750 bits per heavy atom. The standard InChI is InChI=1S/C30H38N2/c1-21-13-9-12-20-27(21)31-22(2)28-25-18-10-11-19-26(25)29(23-14-5-3-6-15-23)32(28)30(31)24-16-7-4-8-17-24/h9-13,18-20,23-24,29-30H,3-8,14-17H2,1-2H3/i29D. The molecule has 0 amide bonds. The van der Waals surface area contributed by atoms with Crippen LogP contribution in [-0.4, -0.2) is 11.1 Å². The van der Waals surface area contributed by atoms with Gasteiger partial charge in [0.1, 0.15) is 6.17 Å². The van der Waals surface area contributed by atoms with Crippen LogP contribution in [0.1, 0.15) is 95.2 Å². The zero-order valence-electron chi connectivity index (χ0n) is 20.8. The predicted molar refractivity (Wildman–Crippen MR) is 134 cm³/mol. The van der Waals surface area contributed by atoms with Gasteiger partial charge < -0.3 is 9.80 Å². The molecule has 2 heterocycles. The lowest BCUT2D eigenvalue weighted by atomic mass is 9.79. The van der Waals surface area contributed by atoms with Crippen molar-refractivity contribution in [3.05, 3.63) is 70.9 Å². The van der Waals surface area contributed by atoms with Gasteiger partial charge in [-0.05, 0) is 68.6 Å². The number of hydrogen-bond donors (Lipinski definition) is 0. The lowest BCUT2D eigenvalue weighted by Crippen LogP contribution is -2.48. The van der Waals surface area contributed by atoms with Gasteiger partial charge in [-0.25, -0.2) is 0 Å². The first kappa shape index (κ1) is 19.3. The Bertz CT molecular complexity index is 1060. The van der Waals surface area contributed by atoms with Gasteiger partial charge in [-0.15, -0.1) is 0 Å². The lowest BCUT2D eigenvalue weighted by molar-refractivity contribution is 0.107. The number of allylic oxidation sites excluding steroid dienone is 1. The maximum absolute atomic E-state index is 10.3. The SMILES string of the molecule is [2H]C1(C2CCCCC2)c2ccccc2C2=C(C)N(c3ccccc3C)C(C3CCCCC3)N21. The van der Waals surface area contributed by atoms with Crippen LogP contribution >= 0.6 is 0 Å². The molecule has 0 N–H and O–H groups in total. The van der Waals surface area contributed by atoms with E-state index < -0.39 is 6.02 Å². The molecule has 2 fully saturated rings. The van der Waals surface area contributed by atoms with Crippen molar-refractivity contribution in [1.82, 2.24) is 4.90 Å². The Kier molecular flexibility index (Phi) is 4.99. The maximum Gasteiger partial charge on any atom is 0.110 e. The quantitative estimate of drug-likeness (QED) is 0.489. The van der Waals surface area contributed by atoms with E-state index in [1.54, 1.807) is 0 Å². The zero-order valence-corrected chi connectivity index (χ0v) is 19.8. The molecule has 2 atom stereocenters. The minimum Gasteiger partial charge on any atom is -0.341 e. The summed E-state index contributed by atoms with van der Waals surface area (Å²) in [6, 6.07) is 17.1. The van der Waals surface area contributed by atoms with Crippen LogP contribution in [0.4, 0.5) is 5.69 Å². The summed E-state index contributed by atoms with van der Waals surface area (Å²) in [6.07, 6.45) is 13.1. The predicted octanol–water partition coefficient (Wildman–Crippen LogP) is 8.05. The molecule has 2 aromatic rings. The van der Waals surface area contributed by atoms with Gasteiger partial charge in [-0.3, -0.25) is 0 Å². The number of nitrogens with zero attached hydrogens (tertiary/aromatic N) is 2. The molecule has 0 aromatic heterocycles. The van der Waals surface area contributed by atoms with E-state index in [0.717, 1.165) is 0 Å². The maximum atomic E-state index is 10.3. The van der Waals surface area contributed by atoms with Crippen LogP contribution in [0.3, 0.4) is 0 Å². The number of rotatable bonds is 3. The largest absolute Gasteiger partial charge is 0.341 e. The van der Waals surface area contributed by atoms with Gasteiger partial charge in [-0.2, -0.15) is 0 Å². The van der Waals surface area contributed by atoms with E-state index in [-0.39, 0.29) is 6.17 Å². The first-order valence-corrected chi connectivity index (χ1v) is 13.1. The topological polar surface area (TPSA) is 6.48 Å². The number of hydrogen-bond acceptors (Lipinski definition) is 2. The smallest absolute Gasteiger partial charge is 0.110 e. The fourth-order valence-corrected chi connectivity index (χ4v) is 7.17. The second-order valence-corrected chi connectivity index (χ2v) is 10.5. The molecule has 32 heavy (non-hydrogen) atoms. The molecule has 2 aromatic carbocycles. The zero-order chi connectivity index (χ0) is 22.6. The van der Waals surface area contributed by atoms with E-state index in [0.29, 0.717) is 11.8 Å². The van der Waals surface area contributed by atoms with Crippen LogP contribution in [0.2, 0.25) is 0 Å². The van der Waals surface area contributed by atoms with E-state index >= 15 is 0 Å². The Morgan fingerprint density at radius 2 is 1.38 bits per heavy atom. The van der Waals surface area contributed by atoms with Gasteiger partial charge in [0.15, 0.2) is 0 Å². The third-order valence-corrected chi connectivity index (χ3v) is 8.63. The number of aryl methyl sites for hydroxylation is 1. The molecule has 0 spiro atoms. The van der Waals surface area contributed by atoms with Crippen molar-refractivity contribution in [1.29, 1.82) is 0 Å². The van der Waals surface area contributed by atoms with E-state index in [1.807, 2.05) is 0 Å². The third-order valence-electron chi connectivity index (χ3n) is 8.63. The van der Waals surface area contributed by atoms with Gasteiger partial charge in [-0.1, -0.05) is 81.0 Å². The van der Waals surface area contributed by atoms with Crippen molar-refractivity contribution < 1.29 is 1.37 Å². The second-order valence-electron chi connectivity index (χ2n) is 10.5. The van der Waals surface area contributed by atoms with Crippen molar-refractivity contribution in [2.75, 3.05) is 4.90 Å². The van der Waals surface area contributed by atoms with Crippen LogP contribution in [0.15, 0.2) is 54.2 Å². The molecule has 4 aliphatic rings. The molecular weight excluding hydrogens is 388 g/mol. The summed E-state index contributed by atoms with van der Waals surface area (Å²) >= 11 is 0. The van der Waals surface area contributed by atoms with Gasteiger partial charge >= 0.3 is 0 Å². The Hall–Kier alpha value is -2.22. The average Bonchev–Trinajstić information content (AvgIpc) is 3.32. The normalized spacial score (nSPS) is 29.3. The minimum atomic E-state index is -0.660. The van der Waals surface area contributed by atoms with Crippen molar-refractivity contribution >= 4 is 11.4 Å². The Morgan fingerprint density at radius 3 is 2.09 bits per heavy atom. The molecule has 0 saturated heterocycles. The van der Waals surface area contributed by atoms with Crippen molar-refractivity contribution in [2.24, 2.45) is 11.8 Å². The van der Waals surface area contributed by atoms with E-state index in [4.69, 9.17) is 0 Å². The second kappa shape index (κ2) is 8.28. The summed E-state index contributed by atoms with van der Waals surface area (Å²) in [6.45, 7) is 4.57. The van der Waals surface area contributed by atoms with Crippen LogP contribution in [0, 0.1) is 18.8 Å². The summed E-state index contributed by atoms with van der Waals surface area (Å²) in [4.78, 5) is 5.27. The van der Waals surface area contributed by atoms with Gasteiger partial charge in [0.2, 0.25) is 0 Å². The molecule has 0 bridgehead atoms.